The number of ether oxygens (including phenoxy) is 2. The number of likely N-dealkylation sites (tertiary alicyclic amines) is 1. The number of aryl methyl sites for hydroxylation is 1. The molecule has 2 aliphatic rings. The molecule has 36 heavy (non-hydrogen) atoms. The Morgan fingerprint density at radius 2 is 1.64 bits per heavy atom. The molecule has 2 fully saturated rings. The second kappa shape index (κ2) is 10.5. The van der Waals surface area contributed by atoms with Gasteiger partial charge in [0, 0.05) is 13.1 Å². The van der Waals surface area contributed by atoms with Crippen LogP contribution in [-0.2, 0) is 22.5 Å². The third kappa shape index (κ3) is 6.40. The Morgan fingerprint density at radius 1 is 1.00 bits per heavy atom. The van der Waals surface area contributed by atoms with Crippen molar-refractivity contribution in [1.82, 2.24) is 9.80 Å². The molecule has 3 unspecified atom stereocenters. The molecular weight excluding hydrogens is 452 g/mol. The van der Waals surface area contributed by atoms with E-state index in [2.05, 4.69) is 31.2 Å². The van der Waals surface area contributed by atoms with Gasteiger partial charge in [0.05, 0.1) is 24.6 Å². The van der Waals surface area contributed by atoms with Crippen LogP contribution in [0.5, 0.6) is 5.75 Å². The first-order valence-electron chi connectivity index (χ1n) is 13.1. The number of hydrogen-bond donors (Lipinski definition) is 0. The smallest absolute Gasteiger partial charge is 0.410 e. The third-order valence-corrected chi connectivity index (χ3v) is 6.92. The van der Waals surface area contributed by atoms with Crippen LogP contribution in [0.15, 0.2) is 48.5 Å². The van der Waals surface area contributed by atoms with E-state index in [4.69, 9.17) is 9.47 Å². The number of nitrogens with zero attached hydrogens (tertiary/aromatic N) is 2. The average Bonchev–Trinajstić information content (AvgIpc) is 3.40. The maximum Gasteiger partial charge on any atom is 0.410 e. The number of carbonyl (C=O) groups excluding carboxylic acids is 2. The van der Waals surface area contributed by atoms with Crippen LogP contribution >= 0.6 is 0 Å². The lowest BCUT2D eigenvalue weighted by molar-refractivity contribution is -0.135. The Morgan fingerprint density at radius 3 is 2.22 bits per heavy atom. The highest BCUT2D eigenvalue weighted by atomic mass is 16.6. The lowest BCUT2D eigenvalue weighted by Crippen LogP contribution is -2.54. The minimum Gasteiger partial charge on any atom is -0.491 e. The minimum atomic E-state index is -0.544. The van der Waals surface area contributed by atoms with E-state index in [0.717, 1.165) is 29.7 Å². The number of piperidine rings is 1. The molecule has 194 valence electrons. The molecule has 0 radical (unpaired) electrons. The number of hydrogen-bond acceptors (Lipinski definition) is 4. The van der Waals surface area contributed by atoms with Gasteiger partial charge in [0.2, 0.25) is 5.91 Å². The van der Waals surface area contributed by atoms with Gasteiger partial charge in [-0.1, -0.05) is 42.0 Å². The zero-order valence-corrected chi connectivity index (χ0v) is 22.5. The van der Waals surface area contributed by atoms with E-state index in [1.807, 2.05) is 68.7 Å². The van der Waals surface area contributed by atoms with Gasteiger partial charge in [0.1, 0.15) is 11.4 Å². The first kappa shape index (κ1) is 26.1. The third-order valence-electron chi connectivity index (χ3n) is 6.92. The van der Waals surface area contributed by atoms with Gasteiger partial charge in [-0.25, -0.2) is 4.79 Å². The van der Waals surface area contributed by atoms with Gasteiger partial charge >= 0.3 is 6.09 Å². The summed E-state index contributed by atoms with van der Waals surface area (Å²) in [7, 11) is 0. The molecule has 0 spiro atoms. The maximum atomic E-state index is 13.8. The highest BCUT2D eigenvalue weighted by Gasteiger charge is 2.50. The molecule has 2 bridgehead atoms. The molecule has 2 aromatic rings. The highest BCUT2D eigenvalue weighted by Crippen LogP contribution is 2.41. The molecule has 1 saturated heterocycles. The normalized spacial score (nSPS) is 21.1. The van der Waals surface area contributed by atoms with Gasteiger partial charge in [0.25, 0.3) is 0 Å². The van der Waals surface area contributed by atoms with Crippen molar-refractivity contribution in [3.63, 3.8) is 0 Å². The molecule has 0 N–H and O–H groups in total. The summed E-state index contributed by atoms with van der Waals surface area (Å²) in [6.07, 6.45) is 1.98. The second-order valence-corrected chi connectivity index (χ2v) is 11.6. The summed E-state index contributed by atoms with van der Waals surface area (Å²) in [5, 5.41) is 0. The summed E-state index contributed by atoms with van der Waals surface area (Å²) in [5.41, 5.74) is 2.70. The van der Waals surface area contributed by atoms with Crippen LogP contribution in [0.4, 0.5) is 4.79 Å². The molecule has 0 aromatic heterocycles. The van der Waals surface area contributed by atoms with Crippen molar-refractivity contribution < 1.29 is 19.1 Å². The van der Waals surface area contributed by atoms with Crippen molar-refractivity contribution in [1.29, 1.82) is 0 Å². The molecule has 2 aromatic carbocycles. The lowest BCUT2D eigenvalue weighted by atomic mass is 10.0. The number of rotatable bonds is 7. The van der Waals surface area contributed by atoms with E-state index < -0.39 is 5.60 Å². The number of fused-ring (bicyclic) bond motifs is 2. The first-order chi connectivity index (χ1) is 17.0. The van der Waals surface area contributed by atoms with Crippen molar-refractivity contribution in [2.45, 2.75) is 91.1 Å². The lowest BCUT2D eigenvalue weighted by Gasteiger charge is -2.40. The van der Waals surface area contributed by atoms with Crippen molar-refractivity contribution in [2.24, 2.45) is 5.92 Å². The van der Waals surface area contributed by atoms with Crippen LogP contribution < -0.4 is 4.74 Å². The Hall–Kier alpha value is -3.02. The zero-order valence-electron chi connectivity index (χ0n) is 22.5. The molecule has 2 amide bonds. The Labute approximate surface area is 215 Å². The molecule has 1 aliphatic heterocycles. The van der Waals surface area contributed by atoms with E-state index in [1.54, 1.807) is 0 Å². The van der Waals surface area contributed by atoms with Crippen LogP contribution in [0.25, 0.3) is 0 Å². The van der Waals surface area contributed by atoms with Gasteiger partial charge in [-0.3, -0.25) is 4.79 Å². The maximum absolute atomic E-state index is 13.8. The fourth-order valence-corrected chi connectivity index (χ4v) is 5.37. The summed E-state index contributed by atoms with van der Waals surface area (Å²) in [6, 6.07) is 16.1. The summed E-state index contributed by atoms with van der Waals surface area (Å²) < 4.78 is 11.4. The standard InChI is InChI=1S/C30H40N2O4/c1-20(2)35-25-13-11-22(12-14-25)17-28(33)31(18-23-9-7-21(3)8-10-23)26-15-24-16-27(26)32(19-24)29(34)36-30(4,5)6/h7-14,20,24,26-27H,15-19H2,1-6H3. The van der Waals surface area contributed by atoms with Crippen molar-refractivity contribution in [3.8, 4) is 5.75 Å². The molecule has 4 rings (SSSR count). The fourth-order valence-electron chi connectivity index (χ4n) is 5.37. The Bertz CT molecular complexity index is 1060. The molecular formula is C30H40N2O4. The SMILES string of the molecule is Cc1ccc(CN(C(=O)Cc2ccc(OC(C)C)cc2)C2CC3CC2N(C(=O)OC(C)(C)C)C3)cc1. The van der Waals surface area contributed by atoms with Gasteiger partial charge in [-0.2, -0.15) is 0 Å². The topological polar surface area (TPSA) is 59.1 Å². The molecule has 1 aliphatic carbocycles. The van der Waals surface area contributed by atoms with E-state index in [9.17, 15) is 9.59 Å². The van der Waals surface area contributed by atoms with Crippen LogP contribution in [0.3, 0.4) is 0 Å². The average molecular weight is 493 g/mol. The van der Waals surface area contributed by atoms with E-state index >= 15 is 0 Å². The van der Waals surface area contributed by atoms with Crippen LogP contribution in [0.2, 0.25) is 0 Å². The van der Waals surface area contributed by atoms with Crippen molar-refractivity contribution in [3.05, 3.63) is 65.2 Å². The number of amides is 2. The highest BCUT2D eigenvalue weighted by molar-refractivity contribution is 5.79. The Kier molecular flexibility index (Phi) is 7.62. The monoisotopic (exact) mass is 492 g/mol. The summed E-state index contributed by atoms with van der Waals surface area (Å²) in [5.74, 6) is 1.28. The minimum absolute atomic E-state index is 0.0129. The molecule has 6 heteroatoms. The van der Waals surface area contributed by atoms with Crippen LogP contribution in [0, 0.1) is 12.8 Å². The number of benzene rings is 2. The van der Waals surface area contributed by atoms with Gasteiger partial charge < -0.3 is 19.3 Å². The predicted octanol–water partition coefficient (Wildman–Crippen LogP) is 5.75. The van der Waals surface area contributed by atoms with Gasteiger partial charge in [0.15, 0.2) is 0 Å². The Balaban J connectivity index is 1.54. The first-order valence-corrected chi connectivity index (χ1v) is 13.1. The fraction of sp³-hybridized carbons (Fsp3) is 0.533. The summed E-state index contributed by atoms with van der Waals surface area (Å²) in [6.45, 7) is 13.0. The second-order valence-electron chi connectivity index (χ2n) is 11.6. The molecule has 1 heterocycles. The van der Waals surface area contributed by atoms with Crippen LogP contribution in [-0.4, -0.2) is 52.1 Å². The van der Waals surface area contributed by atoms with Crippen LogP contribution in [0.1, 0.15) is 64.2 Å². The summed E-state index contributed by atoms with van der Waals surface area (Å²) >= 11 is 0. The van der Waals surface area contributed by atoms with Gasteiger partial charge in [-0.05, 0) is 83.6 Å². The van der Waals surface area contributed by atoms with E-state index in [-0.39, 0.29) is 30.2 Å². The molecule has 1 saturated carbocycles. The predicted molar refractivity (Wildman–Crippen MR) is 141 cm³/mol. The quantitative estimate of drug-likeness (QED) is 0.494. The van der Waals surface area contributed by atoms with Crippen molar-refractivity contribution in [2.75, 3.05) is 6.54 Å². The summed E-state index contributed by atoms with van der Waals surface area (Å²) in [4.78, 5) is 30.6. The molecule has 6 nitrogen and oxygen atoms in total. The zero-order chi connectivity index (χ0) is 26.0. The number of carbonyl (C=O) groups is 2. The van der Waals surface area contributed by atoms with E-state index in [1.165, 1.54) is 5.56 Å². The molecule has 3 atom stereocenters. The largest absolute Gasteiger partial charge is 0.491 e. The van der Waals surface area contributed by atoms with E-state index in [0.29, 0.717) is 25.4 Å². The van der Waals surface area contributed by atoms with Crippen molar-refractivity contribution >= 4 is 12.0 Å². The van der Waals surface area contributed by atoms with Gasteiger partial charge in [-0.15, -0.1) is 0 Å².